The highest BCUT2D eigenvalue weighted by Crippen LogP contribution is 2.17. The molecule has 0 radical (unpaired) electrons. The van der Waals surface area contributed by atoms with E-state index in [0.29, 0.717) is 17.0 Å². The summed E-state index contributed by atoms with van der Waals surface area (Å²) in [6, 6.07) is 10.8. The normalized spacial score (nSPS) is 10.6. The van der Waals surface area contributed by atoms with Gasteiger partial charge in [-0.25, -0.2) is 9.07 Å². The second-order valence-electron chi connectivity index (χ2n) is 5.29. The SMILES string of the molecule is Nc1cc(-c2ccco2)nn(CC(=O)NCc2ccccc2F)c1=O. The van der Waals surface area contributed by atoms with Crippen LogP contribution >= 0.6 is 0 Å². The van der Waals surface area contributed by atoms with Crippen LogP contribution in [0.15, 0.2) is 57.9 Å². The summed E-state index contributed by atoms with van der Waals surface area (Å²) in [4.78, 5) is 24.1. The molecule has 0 unspecified atom stereocenters. The fourth-order valence-electron chi connectivity index (χ4n) is 2.24. The molecule has 8 heteroatoms. The number of nitrogens with zero attached hydrogens (tertiary/aromatic N) is 2. The second kappa shape index (κ2) is 7.00. The monoisotopic (exact) mass is 342 g/mol. The molecular formula is C17H15FN4O3. The topological polar surface area (TPSA) is 103 Å². The van der Waals surface area contributed by atoms with Crippen LogP contribution in [0.3, 0.4) is 0 Å². The number of amides is 1. The van der Waals surface area contributed by atoms with Gasteiger partial charge in [0.2, 0.25) is 5.91 Å². The molecule has 0 aliphatic heterocycles. The number of halogens is 1. The van der Waals surface area contributed by atoms with Gasteiger partial charge < -0.3 is 15.5 Å². The highest BCUT2D eigenvalue weighted by molar-refractivity contribution is 5.75. The fraction of sp³-hybridized carbons (Fsp3) is 0.118. The second-order valence-corrected chi connectivity index (χ2v) is 5.29. The van der Waals surface area contributed by atoms with E-state index in [9.17, 15) is 14.0 Å². The molecule has 0 aliphatic carbocycles. The van der Waals surface area contributed by atoms with E-state index < -0.39 is 17.3 Å². The summed E-state index contributed by atoms with van der Waals surface area (Å²) in [5.41, 5.74) is 5.74. The van der Waals surface area contributed by atoms with Crippen molar-refractivity contribution in [3.8, 4) is 11.5 Å². The minimum atomic E-state index is -0.587. The number of nitrogens with one attached hydrogen (secondary N) is 1. The molecule has 3 N–H and O–H groups in total. The zero-order valence-corrected chi connectivity index (χ0v) is 13.1. The summed E-state index contributed by atoms with van der Waals surface area (Å²) >= 11 is 0. The van der Waals surface area contributed by atoms with Crippen molar-refractivity contribution < 1.29 is 13.6 Å². The molecule has 1 amide bonds. The molecule has 3 rings (SSSR count). The summed E-state index contributed by atoms with van der Waals surface area (Å²) in [5, 5.41) is 6.63. The molecule has 0 spiro atoms. The maximum Gasteiger partial charge on any atom is 0.290 e. The van der Waals surface area contributed by atoms with E-state index in [0.717, 1.165) is 4.68 Å². The first-order valence-electron chi connectivity index (χ1n) is 7.46. The Morgan fingerprint density at radius 1 is 1.28 bits per heavy atom. The van der Waals surface area contributed by atoms with Gasteiger partial charge in [-0.1, -0.05) is 18.2 Å². The summed E-state index contributed by atoms with van der Waals surface area (Å²) < 4.78 is 19.7. The van der Waals surface area contributed by atoms with Crippen molar-refractivity contribution in [1.29, 1.82) is 0 Å². The molecule has 0 aliphatic rings. The Hall–Kier alpha value is -3.42. The van der Waals surface area contributed by atoms with Crippen molar-refractivity contribution in [3.05, 3.63) is 70.5 Å². The van der Waals surface area contributed by atoms with E-state index in [1.54, 1.807) is 30.3 Å². The van der Waals surface area contributed by atoms with Gasteiger partial charge in [0.1, 0.15) is 23.7 Å². The lowest BCUT2D eigenvalue weighted by Crippen LogP contribution is -2.34. The first-order chi connectivity index (χ1) is 12.0. The largest absolute Gasteiger partial charge is 0.463 e. The Morgan fingerprint density at radius 2 is 2.08 bits per heavy atom. The molecule has 2 heterocycles. The zero-order valence-electron chi connectivity index (χ0n) is 13.1. The number of furan rings is 1. The van der Waals surface area contributed by atoms with Gasteiger partial charge in [-0.05, 0) is 24.3 Å². The minimum Gasteiger partial charge on any atom is -0.463 e. The lowest BCUT2D eigenvalue weighted by atomic mass is 10.2. The Labute approximate surface area is 141 Å². The molecule has 1 aromatic carbocycles. The summed E-state index contributed by atoms with van der Waals surface area (Å²) in [7, 11) is 0. The third kappa shape index (κ3) is 3.74. The van der Waals surface area contributed by atoms with Crippen molar-refractivity contribution in [2.45, 2.75) is 13.1 Å². The molecule has 128 valence electrons. The Balaban J connectivity index is 1.75. The van der Waals surface area contributed by atoms with Gasteiger partial charge in [0.25, 0.3) is 5.56 Å². The minimum absolute atomic E-state index is 0.00755. The van der Waals surface area contributed by atoms with E-state index in [4.69, 9.17) is 10.2 Å². The van der Waals surface area contributed by atoms with Crippen LogP contribution in [0.25, 0.3) is 11.5 Å². The summed E-state index contributed by atoms with van der Waals surface area (Å²) in [5.74, 6) is -0.483. The highest BCUT2D eigenvalue weighted by atomic mass is 19.1. The van der Waals surface area contributed by atoms with Crippen LogP contribution in [-0.2, 0) is 17.9 Å². The molecular weight excluding hydrogens is 327 g/mol. The van der Waals surface area contributed by atoms with Gasteiger partial charge in [0.05, 0.1) is 6.26 Å². The van der Waals surface area contributed by atoms with E-state index >= 15 is 0 Å². The number of nitrogens with two attached hydrogens (primary N) is 1. The number of carbonyl (C=O) groups excluding carboxylic acids is 1. The van der Waals surface area contributed by atoms with Gasteiger partial charge in [-0.3, -0.25) is 9.59 Å². The number of anilines is 1. The number of rotatable bonds is 5. The molecule has 7 nitrogen and oxygen atoms in total. The van der Waals surface area contributed by atoms with Crippen molar-refractivity contribution in [2.24, 2.45) is 0 Å². The van der Waals surface area contributed by atoms with Crippen LogP contribution in [0.2, 0.25) is 0 Å². The van der Waals surface area contributed by atoms with Crippen LogP contribution < -0.4 is 16.6 Å². The number of hydrogen-bond donors (Lipinski definition) is 2. The van der Waals surface area contributed by atoms with E-state index in [2.05, 4.69) is 10.4 Å². The van der Waals surface area contributed by atoms with E-state index in [1.165, 1.54) is 18.4 Å². The number of benzene rings is 1. The molecule has 0 saturated carbocycles. The van der Waals surface area contributed by atoms with Gasteiger partial charge in [0.15, 0.2) is 5.76 Å². The van der Waals surface area contributed by atoms with Gasteiger partial charge >= 0.3 is 0 Å². The van der Waals surface area contributed by atoms with Gasteiger partial charge in [0, 0.05) is 12.1 Å². The van der Waals surface area contributed by atoms with Crippen LogP contribution in [0, 0.1) is 5.82 Å². The van der Waals surface area contributed by atoms with Crippen LogP contribution in [0.1, 0.15) is 5.56 Å². The van der Waals surface area contributed by atoms with Crippen molar-refractivity contribution in [1.82, 2.24) is 15.1 Å². The average Bonchev–Trinajstić information content (AvgIpc) is 3.12. The van der Waals surface area contributed by atoms with Crippen molar-refractivity contribution >= 4 is 11.6 Å². The molecule has 25 heavy (non-hydrogen) atoms. The van der Waals surface area contributed by atoms with E-state index in [-0.39, 0.29) is 18.8 Å². The third-order valence-corrected chi connectivity index (χ3v) is 3.50. The summed E-state index contributed by atoms with van der Waals surface area (Å²) in [6.45, 7) is -0.334. The summed E-state index contributed by atoms with van der Waals surface area (Å²) in [6.07, 6.45) is 1.46. The first kappa shape index (κ1) is 16.4. The smallest absolute Gasteiger partial charge is 0.290 e. The van der Waals surface area contributed by atoms with Crippen LogP contribution in [0.4, 0.5) is 10.1 Å². The molecule has 3 aromatic rings. The van der Waals surface area contributed by atoms with Gasteiger partial charge in [-0.2, -0.15) is 5.10 Å². The Bertz CT molecular complexity index is 951. The highest BCUT2D eigenvalue weighted by Gasteiger charge is 2.13. The standard InChI is InChI=1S/C17H15FN4O3/c18-12-5-2-1-4-11(12)9-20-16(23)10-22-17(24)13(19)8-14(21-22)15-6-3-7-25-15/h1-8H,9-10,19H2,(H,20,23). The van der Waals surface area contributed by atoms with Gasteiger partial charge in [-0.15, -0.1) is 0 Å². The Morgan fingerprint density at radius 3 is 2.80 bits per heavy atom. The lowest BCUT2D eigenvalue weighted by Gasteiger charge is -2.09. The van der Waals surface area contributed by atoms with E-state index in [1.807, 2.05) is 0 Å². The number of hydrogen-bond acceptors (Lipinski definition) is 5. The molecule has 2 aromatic heterocycles. The molecule has 0 atom stereocenters. The van der Waals surface area contributed by atoms with Crippen LogP contribution in [-0.4, -0.2) is 15.7 Å². The number of nitrogen functional groups attached to an aromatic ring is 1. The fourth-order valence-corrected chi connectivity index (χ4v) is 2.24. The average molecular weight is 342 g/mol. The maximum absolute atomic E-state index is 13.5. The molecule has 0 saturated heterocycles. The maximum atomic E-state index is 13.5. The number of carbonyl (C=O) groups is 1. The molecule has 0 fully saturated rings. The third-order valence-electron chi connectivity index (χ3n) is 3.50. The Kier molecular flexibility index (Phi) is 4.60. The predicted octanol–water partition coefficient (Wildman–Crippen LogP) is 1.54. The lowest BCUT2D eigenvalue weighted by molar-refractivity contribution is -0.122. The zero-order chi connectivity index (χ0) is 17.8. The number of aromatic nitrogens is 2. The van der Waals surface area contributed by atoms with Crippen molar-refractivity contribution in [2.75, 3.05) is 5.73 Å². The predicted molar refractivity (Wildman–Crippen MR) is 88.9 cm³/mol. The quantitative estimate of drug-likeness (QED) is 0.732. The van der Waals surface area contributed by atoms with Crippen LogP contribution in [0.5, 0.6) is 0 Å². The first-order valence-corrected chi connectivity index (χ1v) is 7.46. The molecule has 0 bridgehead atoms. The van der Waals surface area contributed by atoms with Crippen molar-refractivity contribution in [3.63, 3.8) is 0 Å².